The molecule has 1 atom stereocenters. The molecule has 1 aromatic heterocycles. The van der Waals surface area contributed by atoms with Gasteiger partial charge in [-0.05, 0) is 12.8 Å². The molecule has 17 heavy (non-hydrogen) atoms. The summed E-state index contributed by atoms with van der Waals surface area (Å²) in [6.07, 6.45) is 5.44. The van der Waals surface area contributed by atoms with Crippen molar-refractivity contribution < 1.29 is 9.63 Å². The monoisotopic (exact) mass is 240 g/mol. The minimum absolute atomic E-state index is 0.0976. The van der Waals surface area contributed by atoms with Crippen LogP contribution in [0.25, 0.3) is 0 Å². The fourth-order valence-corrected chi connectivity index (χ4v) is 1.14. The molecule has 8 nitrogen and oxygen atoms in total. The summed E-state index contributed by atoms with van der Waals surface area (Å²) in [4.78, 5) is 20.1. The lowest BCUT2D eigenvalue weighted by Crippen LogP contribution is -2.38. The van der Waals surface area contributed by atoms with Crippen LogP contribution in [0.4, 0.5) is 0 Å². The van der Waals surface area contributed by atoms with Gasteiger partial charge in [0, 0.05) is 12.7 Å². The Bertz CT molecular complexity index is 364. The lowest BCUT2D eigenvalue weighted by molar-refractivity contribution is -0.145. The molecular weight excluding hydrogens is 224 g/mol. The van der Waals surface area contributed by atoms with Crippen molar-refractivity contribution in [3.8, 4) is 0 Å². The summed E-state index contributed by atoms with van der Waals surface area (Å²) in [6, 6.07) is -0.703. The molecule has 0 aliphatic carbocycles. The van der Waals surface area contributed by atoms with E-state index in [4.69, 9.17) is 21.7 Å². The van der Waals surface area contributed by atoms with Gasteiger partial charge in [0.15, 0.2) is 5.96 Å². The molecule has 0 amide bonds. The maximum absolute atomic E-state index is 11.5. The Labute approximate surface area is 98.4 Å². The highest BCUT2D eigenvalue weighted by molar-refractivity contribution is 5.75. The summed E-state index contributed by atoms with van der Waals surface area (Å²) in [7, 11) is 0. The maximum Gasteiger partial charge on any atom is 0.349 e. The first kappa shape index (κ1) is 13.0. The number of nitrogens with two attached hydrogens (primary N) is 2. The Morgan fingerprint density at radius 2 is 2.41 bits per heavy atom. The predicted octanol–water partition coefficient (Wildman–Crippen LogP) is -1.57. The molecular formula is C9H16N6O2. The van der Waals surface area contributed by atoms with Crippen molar-refractivity contribution in [1.29, 1.82) is 5.41 Å². The number of carbonyl (C=O) groups is 1. The van der Waals surface area contributed by atoms with Crippen LogP contribution in [0.15, 0.2) is 18.7 Å². The van der Waals surface area contributed by atoms with Crippen LogP contribution in [0.5, 0.6) is 0 Å². The third kappa shape index (κ3) is 4.98. The molecule has 0 aromatic carbocycles. The third-order valence-corrected chi connectivity index (χ3v) is 1.99. The standard InChI is InChI=1S/C9H16N6O2/c10-7(2-1-3-14-9(11)12)8(16)17-15-5-4-13-6-15/h4-7H,1-3,10H2,(H4,11,12,14)/t7-/m0/s1. The van der Waals surface area contributed by atoms with Crippen LogP contribution in [-0.4, -0.2) is 34.2 Å². The van der Waals surface area contributed by atoms with Crippen molar-refractivity contribution in [2.75, 3.05) is 6.54 Å². The normalized spacial score (nSPS) is 11.8. The van der Waals surface area contributed by atoms with E-state index in [1.165, 1.54) is 23.5 Å². The van der Waals surface area contributed by atoms with E-state index in [2.05, 4.69) is 10.3 Å². The number of nitrogens with zero attached hydrogens (tertiary/aromatic N) is 2. The highest BCUT2D eigenvalue weighted by atomic mass is 16.7. The molecule has 0 aliphatic heterocycles. The summed E-state index contributed by atoms with van der Waals surface area (Å²) in [6.45, 7) is 0.501. The Balaban J connectivity index is 2.20. The highest BCUT2D eigenvalue weighted by Gasteiger charge is 2.15. The van der Waals surface area contributed by atoms with Gasteiger partial charge in [0.05, 0.1) is 6.20 Å². The Hall–Kier alpha value is -2.09. The molecule has 0 radical (unpaired) electrons. The van der Waals surface area contributed by atoms with E-state index >= 15 is 0 Å². The van der Waals surface area contributed by atoms with Gasteiger partial charge in [0.25, 0.3) is 0 Å². The quantitative estimate of drug-likeness (QED) is 0.270. The Morgan fingerprint density at radius 1 is 1.65 bits per heavy atom. The number of aromatic nitrogens is 2. The molecule has 0 saturated carbocycles. The Kier molecular flexibility index (Phi) is 4.95. The molecule has 8 heteroatoms. The minimum Gasteiger partial charge on any atom is -0.370 e. The van der Waals surface area contributed by atoms with Crippen LogP contribution in [0, 0.1) is 5.41 Å². The maximum atomic E-state index is 11.5. The van der Waals surface area contributed by atoms with Gasteiger partial charge in [-0.2, -0.15) is 4.73 Å². The number of rotatable bonds is 6. The summed E-state index contributed by atoms with van der Waals surface area (Å²) in [5.74, 6) is -0.620. The van der Waals surface area contributed by atoms with Crippen molar-refractivity contribution >= 4 is 11.9 Å². The SMILES string of the molecule is N=C(N)NCCC[C@H](N)C(=O)On1ccnc1. The van der Waals surface area contributed by atoms with Crippen LogP contribution < -0.4 is 21.6 Å². The second-order valence-electron chi connectivity index (χ2n) is 3.42. The second-order valence-corrected chi connectivity index (χ2v) is 3.42. The summed E-state index contributed by atoms with van der Waals surface area (Å²) >= 11 is 0. The topological polar surface area (TPSA) is 132 Å². The molecule has 0 aliphatic rings. The second kappa shape index (κ2) is 6.48. The molecule has 0 bridgehead atoms. The van der Waals surface area contributed by atoms with Crippen LogP contribution in [-0.2, 0) is 4.79 Å². The number of guanidine groups is 1. The van der Waals surface area contributed by atoms with Crippen molar-refractivity contribution in [2.24, 2.45) is 11.5 Å². The first-order valence-electron chi connectivity index (χ1n) is 5.13. The van der Waals surface area contributed by atoms with Gasteiger partial charge >= 0.3 is 5.97 Å². The molecule has 1 rings (SSSR count). The molecule has 0 unspecified atom stereocenters. The van der Waals surface area contributed by atoms with Gasteiger partial charge in [-0.1, -0.05) is 0 Å². The lowest BCUT2D eigenvalue weighted by Gasteiger charge is -2.10. The number of imidazole rings is 1. The van der Waals surface area contributed by atoms with E-state index in [9.17, 15) is 4.79 Å². The van der Waals surface area contributed by atoms with Crippen LogP contribution >= 0.6 is 0 Å². The number of hydrogen-bond acceptors (Lipinski definition) is 5. The third-order valence-electron chi connectivity index (χ3n) is 1.99. The average Bonchev–Trinajstić information content (AvgIpc) is 2.76. The molecule has 0 saturated heterocycles. The van der Waals surface area contributed by atoms with E-state index < -0.39 is 12.0 Å². The Morgan fingerprint density at radius 3 is 3.00 bits per heavy atom. The van der Waals surface area contributed by atoms with Gasteiger partial charge in [-0.15, -0.1) is 0 Å². The molecule has 1 aromatic rings. The zero-order valence-electron chi connectivity index (χ0n) is 9.30. The number of carbonyl (C=O) groups excluding carboxylic acids is 1. The fourth-order valence-electron chi connectivity index (χ4n) is 1.14. The van der Waals surface area contributed by atoms with Crippen molar-refractivity contribution in [2.45, 2.75) is 18.9 Å². The van der Waals surface area contributed by atoms with E-state index in [1.54, 1.807) is 0 Å². The average molecular weight is 240 g/mol. The van der Waals surface area contributed by atoms with E-state index in [0.717, 1.165) is 0 Å². The number of nitrogens with one attached hydrogen (secondary N) is 2. The smallest absolute Gasteiger partial charge is 0.349 e. The van der Waals surface area contributed by atoms with Crippen molar-refractivity contribution in [3.05, 3.63) is 18.7 Å². The first-order valence-corrected chi connectivity index (χ1v) is 5.13. The van der Waals surface area contributed by atoms with Gasteiger partial charge in [-0.3, -0.25) is 5.41 Å². The highest BCUT2D eigenvalue weighted by Crippen LogP contribution is 1.95. The first-order chi connectivity index (χ1) is 8.09. The number of hydrogen-bond donors (Lipinski definition) is 4. The zero-order valence-corrected chi connectivity index (χ0v) is 9.30. The minimum atomic E-state index is -0.703. The summed E-state index contributed by atoms with van der Waals surface area (Å²) < 4.78 is 1.19. The van der Waals surface area contributed by atoms with Crippen LogP contribution in [0.2, 0.25) is 0 Å². The van der Waals surface area contributed by atoms with Crippen LogP contribution in [0.3, 0.4) is 0 Å². The lowest BCUT2D eigenvalue weighted by atomic mass is 10.2. The van der Waals surface area contributed by atoms with Crippen molar-refractivity contribution in [3.63, 3.8) is 0 Å². The predicted molar refractivity (Wildman–Crippen MR) is 60.9 cm³/mol. The van der Waals surface area contributed by atoms with E-state index in [-0.39, 0.29) is 5.96 Å². The van der Waals surface area contributed by atoms with E-state index in [0.29, 0.717) is 19.4 Å². The fraction of sp³-hybridized carbons (Fsp3) is 0.444. The molecule has 6 N–H and O–H groups in total. The van der Waals surface area contributed by atoms with Crippen molar-refractivity contribution in [1.82, 2.24) is 15.0 Å². The molecule has 0 fully saturated rings. The summed E-state index contributed by atoms with van der Waals surface area (Å²) in [5.41, 5.74) is 10.7. The van der Waals surface area contributed by atoms with Crippen LogP contribution in [0.1, 0.15) is 12.8 Å². The van der Waals surface area contributed by atoms with Gasteiger partial charge < -0.3 is 21.6 Å². The largest absolute Gasteiger partial charge is 0.370 e. The summed E-state index contributed by atoms with van der Waals surface area (Å²) in [5, 5.41) is 9.55. The van der Waals surface area contributed by atoms with Gasteiger partial charge in [0.1, 0.15) is 12.4 Å². The van der Waals surface area contributed by atoms with E-state index in [1.807, 2.05) is 0 Å². The molecule has 0 spiro atoms. The molecule has 94 valence electrons. The van der Waals surface area contributed by atoms with Gasteiger partial charge in [0.2, 0.25) is 0 Å². The van der Waals surface area contributed by atoms with Gasteiger partial charge in [-0.25, -0.2) is 9.78 Å². The molecule has 1 heterocycles. The zero-order chi connectivity index (χ0) is 12.7.